The van der Waals surface area contributed by atoms with Crippen LogP contribution in [0.5, 0.6) is 0 Å². The van der Waals surface area contributed by atoms with Crippen LogP contribution in [-0.4, -0.2) is 33.0 Å². The summed E-state index contributed by atoms with van der Waals surface area (Å²) in [6.07, 6.45) is 1.97. The molecule has 1 aliphatic heterocycles. The van der Waals surface area contributed by atoms with Crippen LogP contribution in [0.15, 0.2) is 30.3 Å². The van der Waals surface area contributed by atoms with Gasteiger partial charge in [-0.1, -0.05) is 39.0 Å². The second kappa shape index (κ2) is 6.68. The fourth-order valence-corrected chi connectivity index (χ4v) is 3.26. The molecule has 1 aromatic carbocycles. The van der Waals surface area contributed by atoms with Crippen molar-refractivity contribution in [2.75, 3.05) is 18.5 Å². The largest absolute Gasteiger partial charge is 0.376 e. The van der Waals surface area contributed by atoms with Crippen LogP contribution >= 0.6 is 0 Å². The Bertz CT molecular complexity index is 926. The summed E-state index contributed by atoms with van der Waals surface area (Å²) >= 11 is 0. The quantitative estimate of drug-likeness (QED) is 0.782. The van der Waals surface area contributed by atoms with Crippen molar-refractivity contribution in [3.63, 3.8) is 0 Å². The first-order chi connectivity index (χ1) is 12.5. The standard InChI is InChI=1S/C20H25N5O/c1-20(2,3)19-23-22-18-7-6-17(24-25(18)19)21-10-8-14-4-5-16-13-26-11-9-15(16)12-14/h4-7,12H,8-11,13H2,1-3H3,(H,21,24). The van der Waals surface area contributed by atoms with Gasteiger partial charge in [0.1, 0.15) is 5.82 Å². The number of aromatic nitrogens is 4. The summed E-state index contributed by atoms with van der Waals surface area (Å²) in [5.41, 5.74) is 4.77. The SMILES string of the molecule is CC(C)(C)c1nnc2ccc(NCCc3ccc4c(c3)CCOC4)nn12. The summed E-state index contributed by atoms with van der Waals surface area (Å²) in [5.74, 6) is 1.71. The molecule has 0 spiro atoms. The second-order valence-corrected chi connectivity index (χ2v) is 7.84. The highest BCUT2D eigenvalue weighted by Gasteiger charge is 2.21. The molecule has 6 nitrogen and oxygen atoms in total. The van der Waals surface area contributed by atoms with Crippen LogP contribution in [-0.2, 0) is 29.6 Å². The van der Waals surface area contributed by atoms with Gasteiger partial charge in [0.2, 0.25) is 0 Å². The lowest BCUT2D eigenvalue weighted by molar-refractivity contribution is 0.110. The Morgan fingerprint density at radius 1 is 1.12 bits per heavy atom. The number of anilines is 1. The van der Waals surface area contributed by atoms with Gasteiger partial charge >= 0.3 is 0 Å². The molecule has 1 aliphatic rings. The van der Waals surface area contributed by atoms with Crippen molar-refractivity contribution >= 4 is 11.5 Å². The lowest BCUT2D eigenvalue weighted by atomic mass is 9.96. The van der Waals surface area contributed by atoms with E-state index in [-0.39, 0.29) is 5.41 Å². The Morgan fingerprint density at radius 3 is 2.85 bits per heavy atom. The molecule has 3 heterocycles. The van der Waals surface area contributed by atoms with Crippen molar-refractivity contribution in [2.24, 2.45) is 0 Å². The average Bonchev–Trinajstić information content (AvgIpc) is 3.05. The van der Waals surface area contributed by atoms with E-state index in [1.165, 1.54) is 16.7 Å². The summed E-state index contributed by atoms with van der Waals surface area (Å²) in [7, 11) is 0. The van der Waals surface area contributed by atoms with Gasteiger partial charge in [-0.15, -0.1) is 15.3 Å². The molecule has 0 aliphatic carbocycles. The van der Waals surface area contributed by atoms with E-state index < -0.39 is 0 Å². The molecule has 3 aromatic rings. The molecule has 0 fully saturated rings. The van der Waals surface area contributed by atoms with Crippen molar-refractivity contribution in [1.29, 1.82) is 0 Å². The first-order valence-electron chi connectivity index (χ1n) is 9.16. The lowest BCUT2D eigenvalue weighted by Gasteiger charge is -2.17. The minimum Gasteiger partial charge on any atom is -0.376 e. The monoisotopic (exact) mass is 351 g/mol. The maximum absolute atomic E-state index is 5.50. The maximum atomic E-state index is 5.50. The van der Waals surface area contributed by atoms with E-state index >= 15 is 0 Å². The highest BCUT2D eigenvalue weighted by molar-refractivity contribution is 5.44. The van der Waals surface area contributed by atoms with Crippen LogP contribution < -0.4 is 5.32 Å². The van der Waals surface area contributed by atoms with Gasteiger partial charge in [-0.05, 0) is 41.7 Å². The van der Waals surface area contributed by atoms with E-state index in [1.54, 1.807) is 0 Å². The molecule has 1 N–H and O–H groups in total. The number of benzene rings is 1. The van der Waals surface area contributed by atoms with Crippen LogP contribution in [0.4, 0.5) is 5.82 Å². The van der Waals surface area contributed by atoms with Crippen molar-refractivity contribution in [3.8, 4) is 0 Å². The zero-order chi connectivity index (χ0) is 18.1. The Balaban J connectivity index is 1.45. The van der Waals surface area contributed by atoms with E-state index in [2.05, 4.69) is 59.6 Å². The first kappa shape index (κ1) is 17.0. The smallest absolute Gasteiger partial charge is 0.178 e. The van der Waals surface area contributed by atoms with Gasteiger partial charge in [-0.2, -0.15) is 4.52 Å². The molecule has 136 valence electrons. The summed E-state index contributed by atoms with van der Waals surface area (Å²) in [5, 5.41) is 16.6. The fraction of sp³-hybridized carbons (Fsp3) is 0.450. The van der Waals surface area contributed by atoms with E-state index in [0.29, 0.717) is 0 Å². The number of hydrogen-bond donors (Lipinski definition) is 1. The molecular formula is C20H25N5O. The molecule has 2 aromatic heterocycles. The van der Waals surface area contributed by atoms with Gasteiger partial charge in [0.15, 0.2) is 11.5 Å². The molecule has 0 unspecified atom stereocenters. The molecular weight excluding hydrogens is 326 g/mol. The van der Waals surface area contributed by atoms with Crippen molar-refractivity contribution in [3.05, 3.63) is 52.8 Å². The Labute approximate surface area is 153 Å². The lowest BCUT2D eigenvalue weighted by Crippen LogP contribution is -2.18. The van der Waals surface area contributed by atoms with Crippen LogP contribution in [0.2, 0.25) is 0 Å². The third-order valence-electron chi connectivity index (χ3n) is 4.70. The van der Waals surface area contributed by atoms with Crippen LogP contribution in [0, 0.1) is 0 Å². The molecule has 0 bridgehead atoms. The number of rotatable bonds is 4. The van der Waals surface area contributed by atoms with Crippen molar-refractivity contribution < 1.29 is 4.74 Å². The van der Waals surface area contributed by atoms with Gasteiger partial charge in [0, 0.05) is 12.0 Å². The van der Waals surface area contributed by atoms with Gasteiger partial charge < -0.3 is 10.1 Å². The van der Waals surface area contributed by atoms with E-state index in [4.69, 9.17) is 4.74 Å². The zero-order valence-corrected chi connectivity index (χ0v) is 15.6. The highest BCUT2D eigenvalue weighted by atomic mass is 16.5. The predicted octanol–water partition coefficient (Wildman–Crippen LogP) is 3.15. The van der Waals surface area contributed by atoms with Crippen LogP contribution in [0.3, 0.4) is 0 Å². The minimum absolute atomic E-state index is 0.0993. The topological polar surface area (TPSA) is 64.3 Å². The van der Waals surface area contributed by atoms with Crippen molar-refractivity contribution in [2.45, 2.75) is 45.6 Å². The molecule has 0 radical (unpaired) electrons. The number of nitrogens with zero attached hydrogens (tertiary/aromatic N) is 4. The summed E-state index contributed by atoms with van der Waals surface area (Å²) < 4.78 is 7.34. The molecule has 0 atom stereocenters. The summed E-state index contributed by atoms with van der Waals surface area (Å²) in [4.78, 5) is 0. The van der Waals surface area contributed by atoms with Gasteiger partial charge in [0.25, 0.3) is 0 Å². The third-order valence-corrected chi connectivity index (χ3v) is 4.70. The van der Waals surface area contributed by atoms with Crippen LogP contribution in [0.1, 0.15) is 43.3 Å². The van der Waals surface area contributed by atoms with Gasteiger partial charge in [-0.3, -0.25) is 0 Å². The molecule has 0 saturated carbocycles. The third kappa shape index (κ3) is 3.42. The molecule has 0 amide bonds. The number of nitrogens with one attached hydrogen (secondary N) is 1. The van der Waals surface area contributed by atoms with Gasteiger partial charge in [-0.25, -0.2) is 0 Å². The zero-order valence-electron chi connectivity index (χ0n) is 15.6. The molecule has 6 heteroatoms. The summed E-state index contributed by atoms with van der Waals surface area (Å²) in [6, 6.07) is 10.6. The Kier molecular flexibility index (Phi) is 4.36. The van der Waals surface area contributed by atoms with E-state index in [1.807, 2.05) is 16.6 Å². The first-order valence-corrected chi connectivity index (χ1v) is 9.16. The number of hydrogen-bond acceptors (Lipinski definition) is 5. The number of ether oxygens (including phenoxy) is 1. The number of fused-ring (bicyclic) bond motifs is 2. The maximum Gasteiger partial charge on any atom is 0.178 e. The normalized spacial score (nSPS) is 14.4. The average molecular weight is 351 g/mol. The van der Waals surface area contributed by atoms with Crippen molar-refractivity contribution in [1.82, 2.24) is 19.8 Å². The van der Waals surface area contributed by atoms with Gasteiger partial charge in [0.05, 0.1) is 13.2 Å². The molecule has 4 rings (SSSR count). The molecule has 0 saturated heterocycles. The Hall–Kier alpha value is -2.47. The van der Waals surface area contributed by atoms with Crippen LogP contribution in [0.25, 0.3) is 5.65 Å². The second-order valence-electron chi connectivity index (χ2n) is 7.84. The molecule has 26 heavy (non-hydrogen) atoms. The summed E-state index contributed by atoms with van der Waals surface area (Å²) in [6.45, 7) is 8.76. The minimum atomic E-state index is -0.0993. The van der Waals surface area contributed by atoms with E-state index in [9.17, 15) is 0 Å². The Morgan fingerprint density at radius 2 is 2.00 bits per heavy atom. The fourth-order valence-electron chi connectivity index (χ4n) is 3.26. The van der Waals surface area contributed by atoms with E-state index in [0.717, 1.165) is 49.9 Å². The predicted molar refractivity (Wildman–Crippen MR) is 101 cm³/mol. The highest BCUT2D eigenvalue weighted by Crippen LogP contribution is 2.21.